The van der Waals surface area contributed by atoms with Crippen LogP contribution in [0.15, 0.2) is 23.1 Å². The Labute approximate surface area is 167 Å². The molecule has 1 saturated heterocycles. The molecule has 1 aliphatic carbocycles. The number of hydrogen-bond donors (Lipinski definition) is 2. The van der Waals surface area contributed by atoms with Crippen LogP contribution in [-0.4, -0.2) is 40.6 Å². The molecule has 4 rings (SSSR count). The van der Waals surface area contributed by atoms with Gasteiger partial charge in [-0.25, -0.2) is 9.18 Å². The van der Waals surface area contributed by atoms with Crippen LogP contribution in [0.4, 0.5) is 9.18 Å². The molecule has 2 N–H and O–H groups in total. The molecule has 1 aromatic carbocycles. The standard InChI is InChI=1S/C20H24FN3O3S/c1-12-4-2-3-8-20(12)18(26)24(19(27)23-20)11-17(25)22-15-7-9-28-16-6-5-13(21)10-14(15)16/h5-6,10,12,15H,2-4,7-9,11H2,1H3,(H,22,25)(H,23,27)/t12-,15+,20-/m1/s1. The molecule has 0 aromatic heterocycles. The van der Waals surface area contributed by atoms with Crippen molar-refractivity contribution in [2.45, 2.75) is 55.5 Å². The summed E-state index contributed by atoms with van der Waals surface area (Å²) in [6, 6.07) is 3.76. The van der Waals surface area contributed by atoms with Crippen molar-refractivity contribution in [2.24, 2.45) is 5.92 Å². The number of amides is 4. The van der Waals surface area contributed by atoms with Gasteiger partial charge in [0.05, 0.1) is 6.04 Å². The second kappa shape index (κ2) is 7.39. The normalized spacial score (nSPS) is 29.6. The molecule has 3 aliphatic rings. The van der Waals surface area contributed by atoms with Crippen LogP contribution in [0.3, 0.4) is 0 Å². The van der Waals surface area contributed by atoms with Gasteiger partial charge in [-0.15, -0.1) is 11.8 Å². The Bertz CT molecular complexity index is 833. The van der Waals surface area contributed by atoms with Crippen LogP contribution in [0.5, 0.6) is 0 Å². The number of nitrogens with one attached hydrogen (secondary N) is 2. The molecule has 0 radical (unpaired) electrons. The van der Waals surface area contributed by atoms with E-state index in [1.54, 1.807) is 17.8 Å². The Morgan fingerprint density at radius 3 is 2.96 bits per heavy atom. The highest BCUT2D eigenvalue weighted by Crippen LogP contribution is 2.39. The highest BCUT2D eigenvalue weighted by molar-refractivity contribution is 7.99. The van der Waals surface area contributed by atoms with Crippen LogP contribution < -0.4 is 10.6 Å². The molecular weight excluding hydrogens is 381 g/mol. The van der Waals surface area contributed by atoms with Crippen molar-refractivity contribution in [1.29, 1.82) is 0 Å². The van der Waals surface area contributed by atoms with Gasteiger partial charge in [0, 0.05) is 10.6 Å². The topological polar surface area (TPSA) is 78.5 Å². The van der Waals surface area contributed by atoms with Crippen LogP contribution in [0.2, 0.25) is 0 Å². The Morgan fingerprint density at radius 1 is 1.36 bits per heavy atom. The number of imide groups is 1. The number of fused-ring (bicyclic) bond motifs is 1. The lowest BCUT2D eigenvalue weighted by molar-refractivity contribution is -0.137. The van der Waals surface area contributed by atoms with E-state index in [0.29, 0.717) is 12.8 Å². The van der Waals surface area contributed by atoms with E-state index in [9.17, 15) is 18.8 Å². The average molecular weight is 405 g/mol. The number of benzene rings is 1. The van der Waals surface area contributed by atoms with E-state index in [2.05, 4.69) is 10.6 Å². The van der Waals surface area contributed by atoms with Crippen molar-refractivity contribution in [2.75, 3.05) is 12.3 Å². The van der Waals surface area contributed by atoms with Gasteiger partial charge in [0.1, 0.15) is 17.9 Å². The zero-order valence-electron chi connectivity index (χ0n) is 15.8. The molecule has 150 valence electrons. The minimum absolute atomic E-state index is 0.0518. The lowest BCUT2D eigenvalue weighted by Crippen LogP contribution is -2.54. The number of carbonyl (C=O) groups is 3. The molecule has 1 aromatic rings. The molecule has 2 heterocycles. The number of urea groups is 1. The second-order valence-electron chi connectivity index (χ2n) is 7.88. The lowest BCUT2D eigenvalue weighted by Gasteiger charge is -2.36. The first-order valence-corrected chi connectivity index (χ1v) is 10.7. The van der Waals surface area contributed by atoms with Crippen molar-refractivity contribution < 1.29 is 18.8 Å². The number of carbonyl (C=O) groups excluding carboxylic acids is 3. The summed E-state index contributed by atoms with van der Waals surface area (Å²) in [5, 5.41) is 5.74. The van der Waals surface area contributed by atoms with Crippen molar-refractivity contribution in [1.82, 2.24) is 15.5 Å². The molecular formula is C20H24FN3O3S. The molecule has 1 saturated carbocycles. The summed E-state index contributed by atoms with van der Waals surface area (Å²) >= 11 is 1.63. The van der Waals surface area contributed by atoms with Gasteiger partial charge < -0.3 is 10.6 Å². The summed E-state index contributed by atoms with van der Waals surface area (Å²) in [6.45, 7) is 1.67. The van der Waals surface area contributed by atoms with Gasteiger partial charge in [0.15, 0.2) is 0 Å². The monoisotopic (exact) mass is 405 g/mol. The molecule has 2 aliphatic heterocycles. The van der Waals surface area contributed by atoms with Gasteiger partial charge in [-0.1, -0.05) is 19.8 Å². The van der Waals surface area contributed by atoms with Crippen LogP contribution in [-0.2, 0) is 9.59 Å². The largest absolute Gasteiger partial charge is 0.348 e. The molecule has 0 bridgehead atoms. The van der Waals surface area contributed by atoms with Crippen LogP contribution in [0.25, 0.3) is 0 Å². The first-order valence-electron chi connectivity index (χ1n) is 9.76. The summed E-state index contributed by atoms with van der Waals surface area (Å²) in [5.74, 6) is -0.187. The first kappa shape index (κ1) is 19.2. The van der Waals surface area contributed by atoms with E-state index in [4.69, 9.17) is 0 Å². The highest BCUT2D eigenvalue weighted by atomic mass is 32.2. The molecule has 2 fully saturated rings. The molecule has 3 atom stereocenters. The lowest BCUT2D eigenvalue weighted by atomic mass is 9.73. The maximum Gasteiger partial charge on any atom is 0.325 e. The quantitative estimate of drug-likeness (QED) is 0.758. The molecule has 8 heteroatoms. The van der Waals surface area contributed by atoms with Crippen LogP contribution >= 0.6 is 11.8 Å². The fourth-order valence-corrected chi connectivity index (χ4v) is 5.64. The van der Waals surface area contributed by atoms with E-state index in [1.807, 2.05) is 6.92 Å². The Morgan fingerprint density at radius 2 is 2.18 bits per heavy atom. The fraction of sp³-hybridized carbons (Fsp3) is 0.550. The van der Waals surface area contributed by atoms with Gasteiger partial charge in [-0.05, 0) is 48.9 Å². The predicted molar refractivity (Wildman–Crippen MR) is 103 cm³/mol. The number of rotatable bonds is 3. The molecule has 6 nitrogen and oxygen atoms in total. The maximum absolute atomic E-state index is 13.6. The van der Waals surface area contributed by atoms with E-state index in [-0.39, 0.29) is 30.2 Å². The smallest absolute Gasteiger partial charge is 0.325 e. The number of thioether (sulfide) groups is 1. The van der Waals surface area contributed by atoms with Gasteiger partial charge >= 0.3 is 6.03 Å². The number of nitrogens with zero attached hydrogens (tertiary/aromatic N) is 1. The summed E-state index contributed by atoms with van der Waals surface area (Å²) < 4.78 is 13.6. The SMILES string of the molecule is C[C@@H]1CCCC[C@@]12NC(=O)N(CC(=O)N[C@H]1CCSc3ccc(F)cc31)C2=O. The van der Waals surface area contributed by atoms with E-state index < -0.39 is 17.5 Å². The Hall–Kier alpha value is -2.09. The maximum atomic E-state index is 13.6. The summed E-state index contributed by atoms with van der Waals surface area (Å²) in [5.41, 5.74) is -0.119. The third-order valence-corrected chi connectivity index (χ3v) is 7.27. The van der Waals surface area contributed by atoms with E-state index >= 15 is 0 Å². The van der Waals surface area contributed by atoms with Crippen LogP contribution in [0.1, 0.15) is 50.6 Å². The van der Waals surface area contributed by atoms with Crippen LogP contribution in [0, 0.1) is 11.7 Å². The van der Waals surface area contributed by atoms with Gasteiger partial charge in [-0.3, -0.25) is 14.5 Å². The van der Waals surface area contributed by atoms with Crippen molar-refractivity contribution >= 4 is 29.6 Å². The first-order chi connectivity index (χ1) is 13.4. The van der Waals surface area contributed by atoms with Crippen molar-refractivity contribution in [3.8, 4) is 0 Å². The predicted octanol–water partition coefficient (Wildman–Crippen LogP) is 2.98. The van der Waals surface area contributed by atoms with Gasteiger partial charge in [0.2, 0.25) is 5.91 Å². The van der Waals surface area contributed by atoms with E-state index in [1.165, 1.54) is 12.1 Å². The fourth-order valence-electron chi connectivity index (χ4n) is 4.54. The molecule has 1 spiro atoms. The minimum atomic E-state index is -0.868. The van der Waals surface area contributed by atoms with Gasteiger partial charge in [-0.2, -0.15) is 0 Å². The number of hydrogen-bond acceptors (Lipinski definition) is 4. The van der Waals surface area contributed by atoms with Crippen molar-refractivity contribution in [3.05, 3.63) is 29.6 Å². The second-order valence-corrected chi connectivity index (χ2v) is 9.02. The molecule has 4 amide bonds. The van der Waals surface area contributed by atoms with Gasteiger partial charge in [0.25, 0.3) is 5.91 Å². The third-order valence-electron chi connectivity index (χ3n) is 6.15. The Kier molecular flexibility index (Phi) is 5.07. The minimum Gasteiger partial charge on any atom is -0.348 e. The summed E-state index contributed by atoms with van der Waals surface area (Å²) in [6.07, 6.45) is 4.10. The molecule has 0 unspecified atom stereocenters. The van der Waals surface area contributed by atoms with E-state index in [0.717, 1.165) is 40.4 Å². The number of halogens is 1. The third kappa shape index (κ3) is 3.27. The average Bonchev–Trinajstić information content (AvgIpc) is 2.90. The summed E-state index contributed by atoms with van der Waals surface area (Å²) in [4.78, 5) is 40.0. The molecule has 28 heavy (non-hydrogen) atoms. The zero-order chi connectivity index (χ0) is 19.9. The summed E-state index contributed by atoms with van der Waals surface area (Å²) in [7, 11) is 0. The Balaban J connectivity index is 1.46. The highest BCUT2D eigenvalue weighted by Gasteiger charge is 2.55. The zero-order valence-corrected chi connectivity index (χ0v) is 16.6. The van der Waals surface area contributed by atoms with Crippen molar-refractivity contribution in [3.63, 3.8) is 0 Å².